The highest BCUT2D eigenvalue weighted by atomic mass is 16.5. The van der Waals surface area contributed by atoms with E-state index in [1.54, 1.807) is 18.2 Å². The third kappa shape index (κ3) is 3.34. The molecule has 1 aliphatic heterocycles. The Morgan fingerprint density at radius 2 is 2.00 bits per heavy atom. The van der Waals surface area contributed by atoms with E-state index in [1.165, 1.54) is 0 Å². The number of para-hydroxylation sites is 1. The molecule has 0 aliphatic carbocycles. The maximum atomic E-state index is 12.6. The van der Waals surface area contributed by atoms with E-state index in [9.17, 15) is 9.59 Å². The van der Waals surface area contributed by atoms with Gasteiger partial charge in [-0.2, -0.15) is 5.10 Å². The zero-order chi connectivity index (χ0) is 19.7. The number of carbonyl (C=O) groups excluding carboxylic acids is 2. The van der Waals surface area contributed by atoms with Gasteiger partial charge < -0.3 is 15.4 Å². The van der Waals surface area contributed by atoms with Crippen LogP contribution >= 0.6 is 0 Å². The summed E-state index contributed by atoms with van der Waals surface area (Å²) in [6.07, 6.45) is 0. The van der Waals surface area contributed by atoms with Crippen molar-refractivity contribution in [3.63, 3.8) is 0 Å². The molecular formula is C21H20N4O3. The van der Waals surface area contributed by atoms with Gasteiger partial charge >= 0.3 is 0 Å². The second-order valence-electron chi connectivity index (χ2n) is 6.63. The van der Waals surface area contributed by atoms with Crippen LogP contribution in [0.4, 0.5) is 5.69 Å². The number of amides is 2. The second-order valence-corrected chi connectivity index (χ2v) is 6.63. The molecule has 0 atom stereocenters. The number of hydrogen-bond donors (Lipinski definition) is 2. The first kappa shape index (κ1) is 17.8. The number of aromatic nitrogens is 2. The van der Waals surface area contributed by atoms with E-state index >= 15 is 0 Å². The molecule has 0 saturated heterocycles. The lowest BCUT2D eigenvalue weighted by Crippen LogP contribution is -2.27. The molecule has 2 aromatic carbocycles. The molecule has 1 aromatic heterocycles. The van der Waals surface area contributed by atoms with Gasteiger partial charge in [0.2, 0.25) is 0 Å². The Labute approximate surface area is 162 Å². The maximum Gasteiger partial charge on any atom is 0.262 e. The summed E-state index contributed by atoms with van der Waals surface area (Å²) in [5.74, 6) is 0.102. The van der Waals surface area contributed by atoms with Crippen LogP contribution < -0.4 is 15.4 Å². The van der Waals surface area contributed by atoms with Crippen LogP contribution in [0.5, 0.6) is 5.75 Å². The SMILES string of the molecule is Cc1nn(-c2ccccc2)c(C)c1CNC(=O)c1ccc2c(c1)NC(=O)CO2. The third-order valence-corrected chi connectivity index (χ3v) is 4.74. The molecular weight excluding hydrogens is 356 g/mol. The molecule has 0 fully saturated rings. The topological polar surface area (TPSA) is 85.3 Å². The molecule has 1 aliphatic rings. The van der Waals surface area contributed by atoms with E-state index in [-0.39, 0.29) is 18.4 Å². The van der Waals surface area contributed by atoms with Gasteiger partial charge in [0, 0.05) is 23.4 Å². The first-order valence-electron chi connectivity index (χ1n) is 8.98. The lowest BCUT2D eigenvalue weighted by atomic mass is 10.1. The number of hydrogen-bond acceptors (Lipinski definition) is 4. The van der Waals surface area contributed by atoms with Crippen molar-refractivity contribution in [2.45, 2.75) is 20.4 Å². The average Bonchev–Trinajstić information content (AvgIpc) is 2.99. The Bertz CT molecular complexity index is 1060. The third-order valence-electron chi connectivity index (χ3n) is 4.74. The maximum absolute atomic E-state index is 12.6. The molecule has 4 rings (SSSR count). The number of nitrogens with zero attached hydrogens (tertiary/aromatic N) is 2. The average molecular weight is 376 g/mol. The molecule has 0 radical (unpaired) electrons. The Balaban J connectivity index is 1.51. The molecule has 0 unspecified atom stereocenters. The first-order chi connectivity index (χ1) is 13.5. The van der Waals surface area contributed by atoms with Crippen molar-refractivity contribution in [3.8, 4) is 11.4 Å². The van der Waals surface area contributed by atoms with E-state index in [0.717, 1.165) is 22.6 Å². The molecule has 3 aromatic rings. The molecule has 2 amide bonds. The van der Waals surface area contributed by atoms with Crippen LogP contribution in [-0.2, 0) is 11.3 Å². The predicted octanol–water partition coefficient (Wildman–Crippen LogP) is 2.75. The van der Waals surface area contributed by atoms with Crippen LogP contribution in [0.15, 0.2) is 48.5 Å². The minimum absolute atomic E-state index is 0.0114. The second kappa shape index (κ2) is 7.19. The lowest BCUT2D eigenvalue weighted by molar-refractivity contribution is -0.118. The summed E-state index contributed by atoms with van der Waals surface area (Å²) in [6.45, 7) is 4.27. The molecule has 28 heavy (non-hydrogen) atoms. The molecule has 0 bridgehead atoms. The van der Waals surface area contributed by atoms with Gasteiger partial charge in [0.15, 0.2) is 6.61 Å². The number of fused-ring (bicyclic) bond motifs is 1. The predicted molar refractivity (Wildman–Crippen MR) is 105 cm³/mol. The van der Waals surface area contributed by atoms with E-state index in [2.05, 4.69) is 15.7 Å². The minimum Gasteiger partial charge on any atom is -0.482 e. The van der Waals surface area contributed by atoms with Gasteiger partial charge in [-0.1, -0.05) is 18.2 Å². The number of aryl methyl sites for hydroxylation is 1. The smallest absolute Gasteiger partial charge is 0.262 e. The number of ether oxygens (including phenoxy) is 1. The summed E-state index contributed by atoms with van der Waals surface area (Å²) in [4.78, 5) is 24.1. The van der Waals surface area contributed by atoms with Gasteiger partial charge in [-0.3, -0.25) is 9.59 Å². The number of carbonyl (C=O) groups is 2. The number of anilines is 1. The highest BCUT2D eigenvalue weighted by Crippen LogP contribution is 2.28. The highest BCUT2D eigenvalue weighted by molar-refractivity contribution is 5.99. The van der Waals surface area contributed by atoms with Gasteiger partial charge in [-0.15, -0.1) is 0 Å². The van der Waals surface area contributed by atoms with Crippen LogP contribution in [-0.4, -0.2) is 28.2 Å². The van der Waals surface area contributed by atoms with E-state index in [1.807, 2.05) is 48.9 Å². The zero-order valence-electron chi connectivity index (χ0n) is 15.7. The van der Waals surface area contributed by atoms with Crippen LogP contribution in [0, 0.1) is 13.8 Å². The molecule has 0 spiro atoms. The zero-order valence-corrected chi connectivity index (χ0v) is 15.7. The van der Waals surface area contributed by atoms with Crippen molar-refractivity contribution in [2.24, 2.45) is 0 Å². The fourth-order valence-corrected chi connectivity index (χ4v) is 3.25. The Kier molecular flexibility index (Phi) is 4.57. The molecule has 7 nitrogen and oxygen atoms in total. The van der Waals surface area contributed by atoms with Crippen LogP contribution in [0.3, 0.4) is 0 Å². The normalized spacial score (nSPS) is 12.7. The largest absolute Gasteiger partial charge is 0.482 e. The quantitative estimate of drug-likeness (QED) is 0.733. The van der Waals surface area contributed by atoms with Gasteiger partial charge in [0.1, 0.15) is 5.75 Å². The number of benzene rings is 2. The summed E-state index contributed by atoms with van der Waals surface area (Å²) in [7, 11) is 0. The van der Waals surface area contributed by atoms with Crippen molar-refractivity contribution in [1.82, 2.24) is 15.1 Å². The summed E-state index contributed by atoms with van der Waals surface area (Å²) in [5.41, 5.74) is 4.77. The van der Waals surface area contributed by atoms with Gasteiger partial charge in [0.05, 0.1) is 17.1 Å². The van der Waals surface area contributed by atoms with Gasteiger partial charge in [-0.25, -0.2) is 4.68 Å². The molecule has 7 heteroatoms. The van der Waals surface area contributed by atoms with Crippen LogP contribution in [0.25, 0.3) is 5.69 Å². The van der Waals surface area contributed by atoms with Crippen molar-refractivity contribution in [2.75, 3.05) is 11.9 Å². The lowest BCUT2D eigenvalue weighted by Gasteiger charge is -2.18. The number of rotatable bonds is 4. The standard InChI is InChI=1S/C21H20N4O3/c1-13-17(14(2)25(24-13)16-6-4-3-5-7-16)11-22-21(27)15-8-9-19-18(10-15)23-20(26)12-28-19/h3-10H,11-12H2,1-2H3,(H,22,27)(H,23,26). The molecule has 0 saturated carbocycles. The highest BCUT2D eigenvalue weighted by Gasteiger charge is 2.19. The Hall–Kier alpha value is -3.61. The summed E-state index contributed by atoms with van der Waals surface area (Å²) >= 11 is 0. The monoisotopic (exact) mass is 376 g/mol. The van der Waals surface area contributed by atoms with Gasteiger partial charge in [-0.05, 0) is 44.2 Å². The van der Waals surface area contributed by atoms with Gasteiger partial charge in [0.25, 0.3) is 11.8 Å². The molecule has 2 N–H and O–H groups in total. The molecule has 142 valence electrons. The van der Waals surface area contributed by atoms with E-state index in [0.29, 0.717) is 23.5 Å². The van der Waals surface area contributed by atoms with Crippen molar-refractivity contribution >= 4 is 17.5 Å². The summed E-state index contributed by atoms with van der Waals surface area (Å²) in [5, 5.41) is 10.2. The fraction of sp³-hybridized carbons (Fsp3) is 0.190. The van der Waals surface area contributed by atoms with Crippen LogP contribution in [0.1, 0.15) is 27.3 Å². The van der Waals surface area contributed by atoms with E-state index < -0.39 is 0 Å². The fourth-order valence-electron chi connectivity index (χ4n) is 3.25. The van der Waals surface area contributed by atoms with E-state index in [4.69, 9.17) is 4.74 Å². The summed E-state index contributed by atoms with van der Waals surface area (Å²) in [6, 6.07) is 14.9. The first-order valence-corrected chi connectivity index (χ1v) is 8.98. The Morgan fingerprint density at radius 3 is 2.79 bits per heavy atom. The van der Waals surface area contributed by atoms with Crippen molar-refractivity contribution < 1.29 is 14.3 Å². The Morgan fingerprint density at radius 1 is 1.21 bits per heavy atom. The van der Waals surface area contributed by atoms with Crippen molar-refractivity contribution in [1.29, 1.82) is 0 Å². The molecule has 2 heterocycles. The van der Waals surface area contributed by atoms with Crippen LogP contribution in [0.2, 0.25) is 0 Å². The number of nitrogens with one attached hydrogen (secondary N) is 2. The van der Waals surface area contributed by atoms with Crippen molar-refractivity contribution in [3.05, 3.63) is 71.0 Å². The summed E-state index contributed by atoms with van der Waals surface area (Å²) < 4.78 is 7.20. The minimum atomic E-state index is -0.232.